The number of anilines is 1. The van der Waals surface area contributed by atoms with Crippen LogP contribution in [0.4, 0.5) is 5.69 Å². The van der Waals surface area contributed by atoms with Gasteiger partial charge in [-0.05, 0) is 61.2 Å². The Morgan fingerprint density at radius 3 is 2.41 bits per heavy atom. The molecule has 0 spiro atoms. The smallest absolute Gasteiger partial charge is 0.305 e. The van der Waals surface area contributed by atoms with E-state index in [1.54, 1.807) is 43.5 Å². The number of H-pyrrole nitrogens is 1. The lowest BCUT2D eigenvalue weighted by Crippen LogP contribution is -2.38. The summed E-state index contributed by atoms with van der Waals surface area (Å²) in [6.07, 6.45) is 3.12. The number of piperidine rings is 1. The second-order valence-electron chi connectivity index (χ2n) is 10.1. The molecule has 4 heterocycles. The molecule has 0 aliphatic carbocycles. The first-order chi connectivity index (χ1) is 19.9. The maximum Gasteiger partial charge on any atom is 0.305 e. The number of imide groups is 1. The van der Waals surface area contributed by atoms with Gasteiger partial charge in [0.15, 0.2) is 18.1 Å². The second-order valence-corrected chi connectivity index (χ2v) is 12.3. The van der Waals surface area contributed by atoms with E-state index >= 15 is 0 Å². The predicted molar refractivity (Wildman–Crippen MR) is 154 cm³/mol. The van der Waals surface area contributed by atoms with Crippen LogP contribution >= 0.6 is 23.1 Å². The molecule has 12 heteroatoms. The average molecular weight is 596 g/mol. The van der Waals surface area contributed by atoms with Crippen molar-refractivity contribution in [2.24, 2.45) is 5.92 Å². The van der Waals surface area contributed by atoms with Crippen molar-refractivity contribution in [1.29, 1.82) is 0 Å². The number of rotatable bonds is 7. The fourth-order valence-corrected chi connectivity index (χ4v) is 8.25. The molecule has 2 fully saturated rings. The van der Waals surface area contributed by atoms with Gasteiger partial charge in [-0.3, -0.25) is 19.2 Å². The first-order valence-electron chi connectivity index (χ1n) is 13.4. The Hall–Kier alpha value is -3.77. The van der Waals surface area contributed by atoms with Crippen molar-refractivity contribution >= 4 is 46.5 Å². The average Bonchev–Trinajstić information content (AvgIpc) is 3.50. The molecule has 2 saturated heterocycles. The summed E-state index contributed by atoms with van der Waals surface area (Å²) in [6, 6.07) is 12.1. The summed E-state index contributed by atoms with van der Waals surface area (Å²) in [5.74, 6) is -0.607. The van der Waals surface area contributed by atoms with E-state index in [1.165, 1.54) is 23.8 Å². The zero-order valence-corrected chi connectivity index (χ0v) is 24.2. The van der Waals surface area contributed by atoms with Crippen LogP contribution < -0.4 is 24.0 Å². The van der Waals surface area contributed by atoms with Gasteiger partial charge in [0, 0.05) is 23.9 Å². The van der Waals surface area contributed by atoms with Crippen LogP contribution in [-0.2, 0) is 14.4 Å². The van der Waals surface area contributed by atoms with Crippen LogP contribution in [0.1, 0.15) is 35.6 Å². The third-order valence-corrected chi connectivity index (χ3v) is 10.2. The van der Waals surface area contributed by atoms with Gasteiger partial charge in [0.2, 0.25) is 11.8 Å². The minimum atomic E-state index is -0.731. The largest absolute Gasteiger partial charge is 0.497 e. The molecule has 2 aromatic carbocycles. The molecule has 10 nitrogen and oxygen atoms in total. The molecule has 3 aliphatic rings. The molecule has 1 aromatic heterocycles. The van der Waals surface area contributed by atoms with E-state index in [0.717, 1.165) is 43.7 Å². The number of aromatic amines is 1. The number of ether oxygens (including phenoxy) is 3. The Kier molecular flexibility index (Phi) is 7.52. The summed E-state index contributed by atoms with van der Waals surface area (Å²) in [6.45, 7) is 1.37. The Balaban J connectivity index is 1.32. The lowest BCUT2D eigenvalue weighted by molar-refractivity contribution is -0.134. The zero-order chi connectivity index (χ0) is 28.7. The van der Waals surface area contributed by atoms with Gasteiger partial charge in [0.25, 0.3) is 5.91 Å². The molecule has 6 rings (SSSR count). The number of carbonyl (C=O) groups is 3. The van der Waals surface area contributed by atoms with E-state index in [4.69, 9.17) is 14.2 Å². The number of thiazole rings is 1. The Morgan fingerprint density at radius 1 is 0.951 bits per heavy atom. The first kappa shape index (κ1) is 27.4. The Bertz CT molecular complexity index is 1540. The van der Waals surface area contributed by atoms with Gasteiger partial charge in [0.05, 0.1) is 30.9 Å². The van der Waals surface area contributed by atoms with Crippen molar-refractivity contribution in [3.8, 4) is 17.2 Å². The number of hydrogen-bond donors (Lipinski definition) is 1. The molecule has 41 heavy (non-hydrogen) atoms. The number of methoxy groups -OCH3 is 2. The summed E-state index contributed by atoms with van der Waals surface area (Å²) in [5.41, 5.74) is 1.17. The normalized spacial score (nSPS) is 21.9. The number of nitrogens with zero attached hydrogens (tertiary/aromatic N) is 2. The monoisotopic (exact) mass is 595 g/mol. The van der Waals surface area contributed by atoms with Crippen LogP contribution in [0.15, 0.2) is 52.3 Å². The number of carbonyl (C=O) groups excluding carboxylic acids is 3. The molecule has 3 aromatic rings. The SMILES string of the molecule is COc1ccc(N2C(=O)[C@H]3[C@H](c4ccc(OCC(=O)N5CCCCC5)c(OC)c4)c4sc(=O)[nH]c4S[C@H]3C2=O)cc1. The number of amides is 3. The van der Waals surface area contributed by atoms with E-state index in [-0.39, 0.29) is 29.2 Å². The molecular weight excluding hydrogens is 566 g/mol. The van der Waals surface area contributed by atoms with Crippen LogP contribution in [0.3, 0.4) is 0 Å². The summed E-state index contributed by atoms with van der Waals surface area (Å²) < 4.78 is 16.7. The molecule has 0 bridgehead atoms. The number of aromatic nitrogens is 1. The highest BCUT2D eigenvalue weighted by Crippen LogP contribution is 2.53. The summed E-state index contributed by atoms with van der Waals surface area (Å²) >= 11 is 2.26. The van der Waals surface area contributed by atoms with Crippen LogP contribution in [0.2, 0.25) is 0 Å². The van der Waals surface area contributed by atoms with E-state index in [2.05, 4.69) is 4.98 Å². The number of likely N-dealkylation sites (tertiary alicyclic amines) is 1. The number of hydrogen-bond acceptors (Lipinski definition) is 9. The maximum atomic E-state index is 13.9. The van der Waals surface area contributed by atoms with Gasteiger partial charge < -0.3 is 24.1 Å². The van der Waals surface area contributed by atoms with Gasteiger partial charge >= 0.3 is 4.87 Å². The molecular formula is C29H29N3O7S2. The van der Waals surface area contributed by atoms with E-state index in [9.17, 15) is 19.2 Å². The molecule has 1 N–H and O–H groups in total. The third-order valence-electron chi connectivity index (χ3n) is 7.76. The van der Waals surface area contributed by atoms with Crippen molar-refractivity contribution in [2.75, 3.05) is 38.8 Å². The van der Waals surface area contributed by atoms with Crippen LogP contribution in [-0.4, -0.2) is 66.8 Å². The summed E-state index contributed by atoms with van der Waals surface area (Å²) in [5, 5.41) is -0.119. The lowest BCUT2D eigenvalue weighted by atomic mass is 9.83. The highest BCUT2D eigenvalue weighted by molar-refractivity contribution is 8.00. The highest BCUT2D eigenvalue weighted by Gasteiger charge is 2.56. The third kappa shape index (κ3) is 4.99. The summed E-state index contributed by atoms with van der Waals surface area (Å²) in [4.78, 5) is 59.0. The van der Waals surface area contributed by atoms with Gasteiger partial charge in [-0.2, -0.15) is 0 Å². The minimum Gasteiger partial charge on any atom is -0.497 e. The summed E-state index contributed by atoms with van der Waals surface area (Å²) in [7, 11) is 3.06. The molecule has 0 radical (unpaired) electrons. The van der Waals surface area contributed by atoms with Crippen molar-refractivity contribution in [2.45, 2.75) is 35.5 Å². The zero-order valence-electron chi connectivity index (χ0n) is 22.6. The van der Waals surface area contributed by atoms with Crippen LogP contribution in [0.25, 0.3) is 0 Å². The molecule has 0 unspecified atom stereocenters. The molecule has 214 valence electrons. The maximum absolute atomic E-state index is 13.9. The predicted octanol–water partition coefficient (Wildman–Crippen LogP) is 3.64. The topological polar surface area (TPSA) is 118 Å². The van der Waals surface area contributed by atoms with Crippen LogP contribution in [0, 0.1) is 5.92 Å². The fraction of sp³-hybridized carbons (Fsp3) is 0.379. The molecule has 3 aliphatic heterocycles. The second kappa shape index (κ2) is 11.2. The van der Waals surface area contributed by atoms with E-state index in [1.807, 2.05) is 11.0 Å². The number of thioether (sulfide) groups is 1. The van der Waals surface area contributed by atoms with E-state index in [0.29, 0.717) is 38.4 Å². The van der Waals surface area contributed by atoms with Crippen molar-refractivity contribution < 1.29 is 28.6 Å². The molecule has 0 saturated carbocycles. The quantitative estimate of drug-likeness (QED) is 0.412. The standard InChI is InChI=1S/C29H29N3O7S2/c1-37-18-9-7-17(8-10-18)32-27(34)23-22(24-26(30-29(36)41-24)40-25(23)28(32)35)16-6-11-19(20(14-16)38-2)39-15-21(33)31-12-4-3-5-13-31/h6-11,14,22-23,25H,3-5,12-13,15H2,1-2H3,(H,30,36)/t22-,23-,25+/m0/s1. The molecule has 3 atom stereocenters. The highest BCUT2D eigenvalue weighted by atomic mass is 32.2. The van der Waals surface area contributed by atoms with Gasteiger partial charge in [-0.25, -0.2) is 4.90 Å². The Morgan fingerprint density at radius 2 is 1.71 bits per heavy atom. The fourth-order valence-electron chi connectivity index (χ4n) is 5.73. The van der Waals surface area contributed by atoms with Crippen molar-refractivity contribution in [1.82, 2.24) is 9.88 Å². The first-order valence-corrected chi connectivity index (χ1v) is 15.1. The van der Waals surface area contributed by atoms with Gasteiger partial charge in [0.1, 0.15) is 11.0 Å². The van der Waals surface area contributed by atoms with Crippen molar-refractivity contribution in [3.05, 3.63) is 62.6 Å². The van der Waals surface area contributed by atoms with Crippen LogP contribution in [0.5, 0.6) is 17.2 Å². The number of benzene rings is 2. The lowest BCUT2D eigenvalue weighted by Gasteiger charge is -2.30. The minimum absolute atomic E-state index is 0.0709. The van der Waals surface area contributed by atoms with Crippen molar-refractivity contribution in [3.63, 3.8) is 0 Å². The van der Waals surface area contributed by atoms with Gasteiger partial charge in [-0.15, -0.1) is 0 Å². The van der Waals surface area contributed by atoms with E-state index < -0.39 is 17.1 Å². The number of nitrogens with one attached hydrogen (secondary N) is 1. The number of fused-ring (bicyclic) bond motifs is 2. The van der Waals surface area contributed by atoms with Gasteiger partial charge in [-0.1, -0.05) is 29.2 Å². The Labute approximate surface area is 244 Å². The molecule has 3 amide bonds.